The molecule has 0 bridgehead atoms. The van der Waals surface area contributed by atoms with Gasteiger partial charge in [0.1, 0.15) is 0 Å². The lowest BCUT2D eigenvalue weighted by molar-refractivity contribution is -0.126. The second-order valence-corrected chi connectivity index (χ2v) is 6.02. The van der Waals surface area contributed by atoms with Crippen LogP contribution in [0.1, 0.15) is 29.6 Å². The zero-order valence-electron chi connectivity index (χ0n) is 14.5. The van der Waals surface area contributed by atoms with Gasteiger partial charge < -0.3 is 20.3 Å². The number of carbonyl (C=O) groups excluding carboxylic acids is 3. The molecule has 3 amide bonds. The van der Waals surface area contributed by atoms with E-state index in [2.05, 4.69) is 10.6 Å². The van der Waals surface area contributed by atoms with Crippen molar-refractivity contribution >= 4 is 17.9 Å². The number of hydrogen-bond acceptors (Lipinski definition) is 4. The fraction of sp³-hybridized carbons (Fsp3) is 0.500. The molecule has 0 radical (unpaired) electrons. The van der Waals surface area contributed by atoms with Crippen molar-refractivity contribution in [1.82, 2.24) is 15.5 Å². The van der Waals surface area contributed by atoms with E-state index in [0.29, 0.717) is 38.2 Å². The van der Waals surface area contributed by atoms with Gasteiger partial charge in [0.05, 0.1) is 13.0 Å². The Morgan fingerprint density at radius 3 is 2.60 bits per heavy atom. The third-order valence-corrected chi connectivity index (χ3v) is 4.20. The summed E-state index contributed by atoms with van der Waals surface area (Å²) in [5, 5.41) is 5.70. The van der Waals surface area contributed by atoms with Crippen LogP contribution >= 0.6 is 0 Å². The number of benzene rings is 1. The number of ether oxygens (including phenoxy) is 1. The first-order valence-corrected chi connectivity index (χ1v) is 8.55. The highest BCUT2D eigenvalue weighted by atomic mass is 16.5. The number of likely N-dealkylation sites (tertiary alicyclic amines) is 1. The number of piperidine rings is 1. The van der Waals surface area contributed by atoms with Crippen LogP contribution in [0.2, 0.25) is 0 Å². The number of hydrogen-bond donors (Lipinski definition) is 2. The Kier molecular flexibility index (Phi) is 7.25. The average molecular weight is 347 g/mol. The SMILES string of the molecule is COC(=O)N1CCC[C@H](C(=O)NCCCNC(=O)c2ccccc2)C1. The quantitative estimate of drug-likeness (QED) is 0.762. The van der Waals surface area contributed by atoms with Crippen molar-refractivity contribution in [3.8, 4) is 0 Å². The first-order chi connectivity index (χ1) is 12.1. The molecule has 136 valence electrons. The molecule has 0 aromatic heterocycles. The van der Waals surface area contributed by atoms with Gasteiger partial charge in [-0.2, -0.15) is 0 Å². The molecular formula is C18H25N3O4. The Morgan fingerprint density at radius 2 is 1.88 bits per heavy atom. The normalized spacial score (nSPS) is 16.8. The molecule has 1 aromatic carbocycles. The second-order valence-electron chi connectivity index (χ2n) is 6.02. The lowest BCUT2D eigenvalue weighted by Crippen LogP contribution is -2.45. The third-order valence-electron chi connectivity index (χ3n) is 4.20. The summed E-state index contributed by atoms with van der Waals surface area (Å²) in [6.07, 6.45) is 1.82. The molecule has 0 unspecified atom stereocenters. The summed E-state index contributed by atoms with van der Waals surface area (Å²) in [7, 11) is 1.34. The van der Waals surface area contributed by atoms with E-state index in [4.69, 9.17) is 4.74 Å². The molecule has 1 aliphatic rings. The molecule has 0 aliphatic carbocycles. The van der Waals surface area contributed by atoms with E-state index in [0.717, 1.165) is 12.8 Å². The summed E-state index contributed by atoms with van der Waals surface area (Å²) in [5.74, 6) is -0.373. The average Bonchev–Trinajstić information content (AvgIpc) is 2.67. The molecule has 7 heteroatoms. The van der Waals surface area contributed by atoms with Crippen molar-refractivity contribution in [2.24, 2.45) is 5.92 Å². The highest BCUT2D eigenvalue weighted by Crippen LogP contribution is 2.17. The standard InChI is InChI=1S/C18H25N3O4/c1-25-18(24)21-12-5-9-15(13-21)17(23)20-11-6-10-19-16(22)14-7-3-2-4-8-14/h2-4,7-8,15H,5-6,9-13H2,1H3,(H,19,22)(H,20,23)/t15-/m0/s1. The van der Waals surface area contributed by atoms with Crippen LogP contribution in [0.15, 0.2) is 30.3 Å². The van der Waals surface area contributed by atoms with Crippen LogP contribution in [0.25, 0.3) is 0 Å². The lowest BCUT2D eigenvalue weighted by atomic mass is 9.97. The molecule has 1 atom stereocenters. The minimum absolute atomic E-state index is 0.0528. The molecule has 0 spiro atoms. The van der Waals surface area contributed by atoms with E-state index >= 15 is 0 Å². The number of nitrogens with zero attached hydrogens (tertiary/aromatic N) is 1. The largest absolute Gasteiger partial charge is 0.453 e. The fourth-order valence-corrected chi connectivity index (χ4v) is 2.82. The van der Waals surface area contributed by atoms with Crippen molar-refractivity contribution in [2.75, 3.05) is 33.3 Å². The number of methoxy groups -OCH3 is 1. The summed E-state index contributed by atoms with van der Waals surface area (Å²) in [4.78, 5) is 37.2. The summed E-state index contributed by atoms with van der Waals surface area (Å²) in [6.45, 7) is 2.00. The summed E-state index contributed by atoms with van der Waals surface area (Å²) in [6, 6.07) is 9.01. The van der Waals surface area contributed by atoms with Crippen LogP contribution < -0.4 is 10.6 Å². The van der Waals surface area contributed by atoms with Gasteiger partial charge in [0.2, 0.25) is 5.91 Å². The molecule has 25 heavy (non-hydrogen) atoms. The number of rotatable bonds is 6. The number of carbonyl (C=O) groups is 3. The van der Waals surface area contributed by atoms with E-state index in [1.807, 2.05) is 18.2 Å². The highest BCUT2D eigenvalue weighted by molar-refractivity contribution is 5.94. The zero-order valence-corrected chi connectivity index (χ0v) is 14.5. The van der Waals surface area contributed by atoms with Crippen LogP contribution in [0.4, 0.5) is 4.79 Å². The summed E-state index contributed by atoms with van der Waals surface area (Å²) in [5.41, 5.74) is 0.622. The van der Waals surface area contributed by atoms with Crippen molar-refractivity contribution in [3.05, 3.63) is 35.9 Å². The molecule has 1 aromatic rings. The molecule has 0 saturated carbocycles. The van der Waals surface area contributed by atoms with Gasteiger partial charge in [0, 0.05) is 31.7 Å². The fourth-order valence-electron chi connectivity index (χ4n) is 2.82. The molecule has 7 nitrogen and oxygen atoms in total. The first kappa shape index (κ1) is 18.8. The second kappa shape index (κ2) is 9.66. The molecule has 1 fully saturated rings. The van der Waals surface area contributed by atoms with Crippen LogP contribution in [-0.4, -0.2) is 56.1 Å². The predicted molar refractivity (Wildman–Crippen MR) is 93.1 cm³/mol. The summed E-state index contributed by atoms with van der Waals surface area (Å²) < 4.78 is 4.70. The minimum Gasteiger partial charge on any atom is -0.453 e. The van der Waals surface area contributed by atoms with Crippen molar-refractivity contribution in [1.29, 1.82) is 0 Å². The molecule has 1 saturated heterocycles. The first-order valence-electron chi connectivity index (χ1n) is 8.55. The monoisotopic (exact) mass is 347 g/mol. The molecular weight excluding hydrogens is 322 g/mol. The van der Waals surface area contributed by atoms with Gasteiger partial charge in [-0.15, -0.1) is 0 Å². The maximum absolute atomic E-state index is 12.2. The predicted octanol–water partition coefficient (Wildman–Crippen LogP) is 1.40. The van der Waals surface area contributed by atoms with Gasteiger partial charge in [-0.05, 0) is 31.4 Å². The Labute approximate surface area is 147 Å². The van der Waals surface area contributed by atoms with E-state index in [1.165, 1.54) is 7.11 Å². The maximum atomic E-state index is 12.2. The van der Waals surface area contributed by atoms with Gasteiger partial charge in [-0.1, -0.05) is 18.2 Å². The van der Waals surface area contributed by atoms with Gasteiger partial charge in [-0.3, -0.25) is 9.59 Å². The van der Waals surface area contributed by atoms with E-state index in [9.17, 15) is 14.4 Å². The molecule has 1 heterocycles. The minimum atomic E-state index is -0.388. The highest BCUT2D eigenvalue weighted by Gasteiger charge is 2.28. The van der Waals surface area contributed by atoms with Crippen LogP contribution in [0.5, 0.6) is 0 Å². The number of amides is 3. The molecule has 2 N–H and O–H groups in total. The van der Waals surface area contributed by atoms with Crippen molar-refractivity contribution in [2.45, 2.75) is 19.3 Å². The Balaban J connectivity index is 1.63. The Bertz CT molecular complexity index is 591. The Hall–Kier alpha value is -2.57. The van der Waals surface area contributed by atoms with Crippen LogP contribution in [0.3, 0.4) is 0 Å². The van der Waals surface area contributed by atoms with Gasteiger partial charge >= 0.3 is 6.09 Å². The summed E-state index contributed by atoms with van der Waals surface area (Å²) >= 11 is 0. The zero-order chi connectivity index (χ0) is 18.1. The van der Waals surface area contributed by atoms with E-state index in [-0.39, 0.29) is 23.8 Å². The van der Waals surface area contributed by atoms with Gasteiger partial charge in [-0.25, -0.2) is 4.79 Å². The van der Waals surface area contributed by atoms with Crippen molar-refractivity contribution < 1.29 is 19.1 Å². The third kappa shape index (κ3) is 5.77. The lowest BCUT2D eigenvalue weighted by Gasteiger charge is -2.30. The van der Waals surface area contributed by atoms with Crippen molar-refractivity contribution in [3.63, 3.8) is 0 Å². The Morgan fingerprint density at radius 1 is 1.16 bits per heavy atom. The van der Waals surface area contributed by atoms with E-state index < -0.39 is 0 Å². The molecule has 2 rings (SSSR count). The smallest absolute Gasteiger partial charge is 0.409 e. The van der Waals surface area contributed by atoms with E-state index in [1.54, 1.807) is 17.0 Å². The van der Waals surface area contributed by atoms with Crippen LogP contribution in [0, 0.1) is 5.92 Å². The molecule has 1 aliphatic heterocycles. The number of nitrogens with one attached hydrogen (secondary N) is 2. The van der Waals surface area contributed by atoms with Gasteiger partial charge in [0.25, 0.3) is 5.91 Å². The van der Waals surface area contributed by atoms with Gasteiger partial charge in [0.15, 0.2) is 0 Å². The maximum Gasteiger partial charge on any atom is 0.409 e. The van der Waals surface area contributed by atoms with Crippen LogP contribution in [-0.2, 0) is 9.53 Å². The topological polar surface area (TPSA) is 87.7 Å².